The maximum atomic E-state index is 11.0. The van der Waals surface area contributed by atoms with Crippen molar-refractivity contribution in [3.05, 3.63) is 36.5 Å². The second kappa shape index (κ2) is 2.85. The van der Waals surface area contributed by atoms with E-state index >= 15 is 0 Å². The van der Waals surface area contributed by atoms with Gasteiger partial charge in [0, 0.05) is 11.6 Å². The highest BCUT2D eigenvalue weighted by molar-refractivity contribution is 5.90. The van der Waals surface area contributed by atoms with Gasteiger partial charge in [-0.05, 0) is 6.07 Å². The molecule has 0 spiro atoms. The molecule has 12 heavy (non-hydrogen) atoms. The molecule has 3 nitrogen and oxygen atoms in total. The zero-order valence-electron chi connectivity index (χ0n) is 6.40. The Morgan fingerprint density at radius 3 is 3.08 bits per heavy atom. The first-order valence-electron chi connectivity index (χ1n) is 3.73. The molecule has 0 saturated carbocycles. The lowest BCUT2D eigenvalue weighted by Crippen LogP contribution is -2.10. The van der Waals surface area contributed by atoms with Crippen LogP contribution in [0, 0.1) is 0 Å². The lowest BCUT2D eigenvalue weighted by atomic mass is 10.1. The van der Waals surface area contributed by atoms with Crippen LogP contribution in [0.3, 0.4) is 0 Å². The van der Waals surface area contributed by atoms with E-state index in [9.17, 15) is 4.79 Å². The average Bonchev–Trinajstić information content (AvgIpc) is 2.56. The molecule has 1 atom stereocenters. The number of ether oxygens (including phenoxy) is 1. The number of rotatable bonds is 1. The van der Waals surface area contributed by atoms with Crippen LogP contribution < -0.4 is 0 Å². The Labute approximate surface area is 69.6 Å². The second-order valence-corrected chi connectivity index (χ2v) is 2.65. The number of hydrogen-bond acceptors (Lipinski definition) is 3. The molecule has 0 radical (unpaired) electrons. The maximum absolute atomic E-state index is 11.0. The van der Waals surface area contributed by atoms with Crippen molar-refractivity contribution in [3.63, 3.8) is 0 Å². The second-order valence-electron chi connectivity index (χ2n) is 2.65. The SMILES string of the molecule is O=C1C=COC(c2ccoc2)C1. The summed E-state index contributed by atoms with van der Waals surface area (Å²) in [6, 6.07) is 1.80. The van der Waals surface area contributed by atoms with Crippen molar-refractivity contribution in [2.75, 3.05) is 0 Å². The van der Waals surface area contributed by atoms with Crippen LogP contribution in [0.5, 0.6) is 0 Å². The van der Waals surface area contributed by atoms with Crippen molar-refractivity contribution in [2.45, 2.75) is 12.5 Å². The van der Waals surface area contributed by atoms with Crippen LogP contribution in [-0.2, 0) is 9.53 Å². The molecule has 1 aliphatic rings. The maximum Gasteiger partial charge on any atom is 0.162 e. The van der Waals surface area contributed by atoms with E-state index in [1.54, 1.807) is 18.6 Å². The van der Waals surface area contributed by atoms with Gasteiger partial charge >= 0.3 is 0 Å². The van der Waals surface area contributed by atoms with E-state index in [0.717, 1.165) is 5.56 Å². The summed E-state index contributed by atoms with van der Waals surface area (Å²) in [4.78, 5) is 11.0. The third-order valence-corrected chi connectivity index (χ3v) is 1.80. The summed E-state index contributed by atoms with van der Waals surface area (Å²) in [6.45, 7) is 0. The molecule has 0 aliphatic carbocycles. The third-order valence-electron chi connectivity index (χ3n) is 1.80. The fraction of sp³-hybridized carbons (Fsp3) is 0.222. The van der Waals surface area contributed by atoms with Crippen molar-refractivity contribution in [2.24, 2.45) is 0 Å². The van der Waals surface area contributed by atoms with Gasteiger partial charge in [0.25, 0.3) is 0 Å². The molecule has 1 aromatic heterocycles. The summed E-state index contributed by atoms with van der Waals surface area (Å²) in [5.74, 6) is 0.0902. The van der Waals surface area contributed by atoms with Crippen molar-refractivity contribution in [3.8, 4) is 0 Å². The van der Waals surface area contributed by atoms with Gasteiger partial charge in [0.15, 0.2) is 5.78 Å². The first-order chi connectivity index (χ1) is 5.86. The normalized spacial score (nSPS) is 22.3. The molecular weight excluding hydrogens is 156 g/mol. The van der Waals surface area contributed by atoms with Gasteiger partial charge in [-0.2, -0.15) is 0 Å². The van der Waals surface area contributed by atoms with Crippen molar-refractivity contribution in [1.82, 2.24) is 0 Å². The molecule has 0 amide bonds. The Morgan fingerprint density at radius 2 is 2.42 bits per heavy atom. The molecule has 3 heteroatoms. The van der Waals surface area contributed by atoms with E-state index in [1.807, 2.05) is 0 Å². The summed E-state index contributed by atoms with van der Waals surface area (Å²) in [6.07, 6.45) is 6.27. The van der Waals surface area contributed by atoms with E-state index in [0.29, 0.717) is 6.42 Å². The number of carbonyl (C=O) groups is 1. The van der Waals surface area contributed by atoms with Gasteiger partial charge < -0.3 is 9.15 Å². The molecule has 2 rings (SSSR count). The predicted octanol–water partition coefficient (Wildman–Crippen LogP) is 1.82. The van der Waals surface area contributed by atoms with E-state index in [1.165, 1.54) is 12.3 Å². The summed E-state index contributed by atoms with van der Waals surface area (Å²) >= 11 is 0. The number of carbonyl (C=O) groups excluding carboxylic acids is 1. The summed E-state index contributed by atoms with van der Waals surface area (Å²) < 4.78 is 10.1. The van der Waals surface area contributed by atoms with Crippen LogP contribution >= 0.6 is 0 Å². The highest BCUT2D eigenvalue weighted by Crippen LogP contribution is 2.24. The van der Waals surface area contributed by atoms with Gasteiger partial charge in [0.05, 0.1) is 25.2 Å². The quantitative estimate of drug-likeness (QED) is 0.635. The zero-order valence-corrected chi connectivity index (χ0v) is 6.40. The topological polar surface area (TPSA) is 39.4 Å². The molecule has 2 heterocycles. The molecule has 1 aromatic rings. The van der Waals surface area contributed by atoms with Crippen LogP contribution in [-0.4, -0.2) is 5.78 Å². The third kappa shape index (κ3) is 1.25. The minimum Gasteiger partial charge on any atom is -0.493 e. The highest BCUT2D eigenvalue weighted by atomic mass is 16.5. The Kier molecular flexibility index (Phi) is 1.70. The van der Waals surface area contributed by atoms with E-state index in [2.05, 4.69) is 0 Å². The van der Waals surface area contributed by atoms with E-state index in [-0.39, 0.29) is 11.9 Å². The largest absolute Gasteiger partial charge is 0.493 e. The van der Waals surface area contributed by atoms with Crippen LogP contribution in [0.1, 0.15) is 18.1 Å². The zero-order chi connectivity index (χ0) is 8.39. The van der Waals surface area contributed by atoms with Crippen molar-refractivity contribution < 1.29 is 13.9 Å². The average molecular weight is 164 g/mol. The monoisotopic (exact) mass is 164 g/mol. The number of ketones is 1. The molecular formula is C9H8O3. The fourth-order valence-electron chi connectivity index (χ4n) is 1.16. The standard InChI is InChI=1S/C9H8O3/c10-8-2-4-12-9(5-8)7-1-3-11-6-7/h1-4,6,9H,5H2. The molecule has 1 aliphatic heterocycles. The molecule has 1 unspecified atom stereocenters. The summed E-state index contributed by atoms with van der Waals surface area (Å²) in [7, 11) is 0. The van der Waals surface area contributed by atoms with Gasteiger partial charge in [-0.15, -0.1) is 0 Å². The van der Waals surface area contributed by atoms with E-state index < -0.39 is 0 Å². The molecule has 0 fully saturated rings. The van der Waals surface area contributed by atoms with Crippen LogP contribution in [0.2, 0.25) is 0 Å². The van der Waals surface area contributed by atoms with Gasteiger partial charge in [-0.3, -0.25) is 4.79 Å². The van der Waals surface area contributed by atoms with Crippen LogP contribution in [0.15, 0.2) is 35.3 Å². The smallest absolute Gasteiger partial charge is 0.162 e. The minimum absolute atomic E-state index is 0.0902. The van der Waals surface area contributed by atoms with Crippen LogP contribution in [0.4, 0.5) is 0 Å². The molecule has 0 bridgehead atoms. The van der Waals surface area contributed by atoms with E-state index in [4.69, 9.17) is 9.15 Å². The molecule has 62 valence electrons. The Hall–Kier alpha value is -1.51. The predicted molar refractivity (Wildman–Crippen MR) is 41.3 cm³/mol. The first-order valence-corrected chi connectivity index (χ1v) is 3.73. The Bertz CT molecular complexity index is 298. The molecule has 0 N–H and O–H groups in total. The number of allylic oxidation sites excluding steroid dienone is 1. The first kappa shape index (κ1) is 7.16. The fourth-order valence-corrected chi connectivity index (χ4v) is 1.16. The number of furan rings is 1. The van der Waals surface area contributed by atoms with Crippen LogP contribution in [0.25, 0.3) is 0 Å². The highest BCUT2D eigenvalue weighted by Gasteiger charge is 2.19. The Morgan fingerprint density at radius 1 is 1.50 bits per heavy atom. The summed E-state index contributed by atoms with van der Waals surface area (Å²) in [5, 5.41) is 0. The van der Waals surface area contributed by atoms with Gasteiger partial charge in [0.2, 0.25) is 0 Å². The number of hydrogen-bond donors (Lipinski definition) is 0. The summed E-state index contributed by atoms with van der Waals surface area (Å²) in [5.41, 5.74) is 0.910. The molecule has 0 aromatic carbocycles. The van der Waals surface area contributed by atoms with Gasteiger partial charge in [0.1, 0.15) is 6.10 Å². The molecule has 0 saturated heterocycles. The lowest BCUT2D eigenvalue weighted by Gasteiger charge is -2.16. The van der Waals surface area contributed by atoms with Crippen molar-refractivity contribution in [1.29, 1.82) is 0 Å². The Balaban J connectivity index is 2.17. The van der Waals surface area contributed by atoms with Crippen molar-refractivity contribution >= 4 is 5.78 Å². The van der Waals surface area contributed by atoms with Gasteiger partial charge in [-0.25, -0.2) is 0 Å². The minimum atomic E-state index is -0.166. The lowest BCUT2D eigenvalue weighted by molar-refractivity contribution is -0.118. The van der Waals surface area contributed by atoms with Gasteiger partial charge in [-0.1, -0.05) is 0 Å².